The smallest absolute Gasteiger partial charge is 0.0719 e. The molecule has 0 N–H and O–H groups in total. The first-order valence-corrected chi connectivity index (χ1v) is 21.4. The highest BCUT2D eigenvalue weighted by Crippen LogP contribution is 2.58. The van der Waals surface area contributed by atoms with E-state index in [-0.39, 0.29) is 22.2 Å². The van der Waals surface area contributed by atoms with Crippen LogP contribution in [0.25, 0.3) is 28.3 Å². The summed E-state index contributed by atoms with van der Waals surface area (Å²) in [5.74, 6) is 0.526. The second-order valence-corrected chi connectivity index (χ2v) is 19.4. The van der Waals surface area contributed by atoms with Crippen molar-refractivity contribution in [2.24, 2.45) is 10.4 Å². The second kappa shape index (κ2) is 11.9. The summed E-state index contributed by atoms with van der Waals surface area (Å²) in [7, 11) is 0. The van der Waals surface area contributed by atoms with E-state index in [1.807, 2.05) is 0 Å². The minimum absolute atomic E-state index is 0.0764. The van der Waals surface area contributed by atoms with Crippen LogP contribution in [0.4, 0.5) is 17.1 Å². The molecule has 2 unspecified atom stereocenters. The van der Waals surface area contributed by atoms with Gasteiger partial charge in [0.25, 0.3) is 0 Å². The number of allylic oxidation sites excluding steroid dienone is 7. The number of benzene rings is 6. The molecular weight excluding hydrogens is 713 g/mol. The number of anilines is 3. The Morgan fingerprint density at radius 1 is 0.627 bits per heavy atom. The van der Waals surface area contributed by atoms with Gasteiger partial charge in [-0.15, -0.1) is 0 Å². The van der Waals surface area contributed by atoms with E-state index in [1.165, 1.54) is 100 Å². The molecule has 0 fully saturated rings. The fourth-order valence-corrected chi connectivity index (χ4v) is 11.5. The topological polar surface area (TPSA) is 15.6 Å². The highest BCUT2D eigenvalue weighted by Gasteiger charge is 2.43. The minimum atomic E-state index is -0.233. The zero-order valence-electron chi connectivity index (χ0n) is 34.8. The van der Waals surface area contributed by atoms with Crippen LogP contribution in [-0.2, 0) is 10.8 Å². The van der Waals surface area contributed by atoms with Crippen LogP contribution in [0.5, 0.6) is 0 Å². The molecule has 59 heavy (non-hydrogen) atoms. The summed E-state index contributed by atoms with van der Waals surface area (Å²) in [5.41, 5.74) is 22.3. The van der Waals surface area contributed by atoms with Crippen molar-refractivity contribution in [3.63, 3.8) is 0 Å². The third kappa shape index (κ3) is 4.96. The Labute approximate surface area is 348 Å². The first kappa shape index (κ1) is 34.8. The Balaban J connectivity index is 0.984. The molecule has 2 nitrogen and oxygen atoms in total. The number of fused-ring (bicyclic) bond motifs is 10. The molecule has 0 radical (unpaired) electrons. The molecule has 6 aromatic rings. The lowest BCUT2D eigenvalue weighted by Crippen LogP contribution is -2.31. The van der Waals surface area contributed by atoms with Gasteiger partial charge in [-0.25, -0.2) is 4.99 Å². The second-order valence-electron chi connectivity index (χ2n) is 19.4. The molecule has 6 aliphatic rings. The van der Waals surface area contributed by atoms with Gasteiger partial charge in [0.1, 0.15) is 0 Å². The number of rotatable bonds is 3. The highest BCUT2D eigenvalue weighted by molar-refractivity contribution is 5.93. The summed E-state index contributed by atoms with van der Waals surface area (Å²) in [6.07, 6.45) is 13.1. The number of hydrogen-bond donors (Lipinski definition) is 0. The molecule has 0 saturated heterocycles. The molecule has 286 valence electrons. The molecular formula is C57H48N2. The van der Waals surface area contributed by atoms with Crippen LogP contribution < -0.4 is 15.5 Å². The maximum atomic E-state index is 5.30. The average molecular weight is 761 g/mol. The van der Waals surface area contributed by atoms with E-state index < -0.39 is 0 Å². The van der Waals surface area contributed by atoms with E-state index in [2.05, 4.69) is 204 Å². The van der Waals surface area contributed by atoms with Crippen LogP contribution >= 0.6 is 0 Å². The van der Waals surface area contributed by atoms with E-state index in [9.17, 15) is 0 Å². The van der Waals surface area contributed by atoms with E-state index in [1.54, 1.807) is 0 Å². The summed E-state index contributed by atoms with van der Waals surface area (Å²) in [6.45, 7) is 14.3. The Kier molecular flexibility index (Phi) is 7.02. The number of nitrogens with zero attached hydrogens (tertiary/aromatic N) is 2. The fraction of sp³-hybridized carbons (Fsp3) is 0.211. The Bertz CT molecular complexity index is 3090. The molecule has 0 amide bonds. The van der Waals surface area contributed by atoms with Gasteiger partial charge in [0.05, 0.1) is 22.4 Å². The van der Waals surface area contributed by atoms with Crippen molar-refractivity contribution in [1.29, 1.82) is 0 Å². The van der Waals surface area contributed by atoms with Crippen molar-refractivity contribution < 1.29 is 0 Å². The molecule has 0 aromatic heterocycles. The molecule has 0 spiro atoms. The van der Waals surface area contributed by atoms with Gasteiger partial charge in [-0.3, -0.25) is 0 Å². The maximum Gasteiger partial charge on any atom is 0.0719 e. The van der Waals surface area contributed by atoms with Gasteiger partial charge in [0.2, 0.25) is 0 Å². The molecule has 0 bridgehead atoms. The summed E-state index contributed by atoms with van der Waals surface area (Å²) < 4.78 is 0. The number of hydrogen-bond acceptors (Lipinski definition) is 2. The predicted octanol–water partition coefficient (Wildman–Crippen LogP) is 13.1. The van der Waals surface area contributed by atoms with E-state index in [0.717, 1.165) is 11.8 Å². The molecule has 2 heterocycles. The van der Waals surface area contributed by atoms with Crippen molar-refractivity contribution in [2.75, 3.05) is 4.90 Å². The Morgan fingerprint density at radius 2 is 1.36 bits per heavy atom. The van der Waals surface area contributed by atoms with Crippen molar-refractivity contribution >= 4 is 34.3 Å². The minimum Gasteiger partial charge on any atom is -0.310 e. The van der Waals surface area contributed by atoms with Crippen molar-refractivity contribution in [3.05, 3.63) is 218 Å². The van der Waals surface area contributed by atoms with Gasteiger partial charge in [0.15, 0.2) is 0 Å². The summed E-state index contributed by atoms with van der Waals surface area (Å²) in [4.78, 5) is 7.81. The quantitative estimate of drug-likeness (QED) is 0.175. The predicted molar refractivity (Wildman–Crippen MR) is 245 cm³/mol. The van der Waals surface area contributed by atoms with Crippen molar-refractivity contribution in [3.8, 4) is 11.1 Å². The van der Waals surface area contributed by atoms with Gasteiger partial charge in [-0.2, -0.15) is 0 Å². The van der Waals surface area contributed by atoms with E-state index in [0.29, 0.717) is 5.92 Å². The third-order valence-electron chi connectivity index (χ3n) is 14.5. The Morgan fingerprint density at radius 3 is 2.17 bits per heavy atom. The van der Waals surface area contributed by atoms with Crippen LogP contribution in [0.3, 0.4) is 0 Å². The van der Waals surface area contributed by atoms with Gasteiger partial charge in [-0.05, 0) is 133 Å². The van der Waals surface area contributed by atoms with Crippen LogP contribution in [0.1, 0.15) is 104 Å². The third-order valence-corrected chi connectivity index (χ3v) is 14.5. The van der Waals surface area contributed by atoms with E-state index >= 15 is 0 Å². The van der Waals surface area contributed by atoms with Crippen molar-refractivity contribution in [1.82, 2.24) is 0 Å². The van der Waals surface area contributed by atoms with Crippen LogP contribution in [0, 0.1) is 5.41 Å². The first-order valence-electron chi connectivity index (χ1n) is 21.4. The summed E-state index contributed by atoms with van der Waals surface area (Å²) in [6, 6.07) is 48.1. The first-order chi connectivity index (χ1) is 28.5. The van der Waals surface area contributed by atoms with Gasteiger partial charge in [0, 0.05) is 33.6 Å². The number of para-hydroxylation sites is 1. The molecule has 6 aromatic carbocycles. The standard InChI is InChI=1S/C57H48N2/c1-55(2)32-45(34-15-9-7-10-16-34)54-44-29-42-38(28-50(44)58-51(54)33-55)25-37-22-21-35(26-41(37)42)36-23-24-52-48(27-36)57(5,6)49-30-43-40-19-13-14-20-46(40)56(3,4)47(43)31-53(49)59(52)39-17-11-8-12-18-39/h7-31,33,41,45H,32H2,1-6H3. The monoisotopic (exact) mass is 760 g/mol. The van der Waals surface area contributed by atoms with Crippen LogP contribution in [-0.4, -0.2) is 0 Å². The lowest BCUT2D eigenvalue weighted by molar-refractivity contribution is 0.407. The highest BCUT2D eigenvalue weighted by atomic mass is 15.2. The van der Waals surface area contributed by atoms with E-state index in [4.69, 9.17) is 4.99 Å². The zero-order chi connectivity index (χ0) is 40.0. The SMILES string of the molecule is CC1(C)C=C2N=c3cc4c(cc3=C2C(c2ccccc2)C1)C1C=C(c2ccc3c(c2)C(C)(C)c2cc5c(cc2N3c2ccccc2)C(C)(C)c2ccccc2-5)C=CC1=C4. The van der Waals surface area contributed by atoms with Crippen LogP contribution in [0.15, 0.2) is 168 Å². The molecule has 12 rings (SSSR count). The molecule has 2 heteroatoms. The molecule has 2 atom stereocenters. The lowest BCUT2D eigenvalue weighted by atomic mass is 9.70. The van der Waals surface area contributed by atoms with Crippen molar-refractivity contribution in [2.45, 2.75) is 70.6 Å². The molecule has 0 saturated carbocycles. The summed E-state index contributed by atoms with van der Waals surface area (Å²) >= 11 is 0. The summed E-state index contributed by atoms with van der Waals surface area (Å²) in [5, 5.41) is 2.43. The average Bonchev–Trinajstić information content (AvgIpc) is 3.85. The van der Waals surface area contributed by atoms with Gasteiger partial charge < -0.3 is 4.90 Å². The molecule has 4 aliphatic carbocycles. The largest absolute Gasteiger partial charge is 0.310 e. The fourth-order valence-electron chi connectivity index (χ4n) is 11.5. The Hall–Kier alpha value is -6.25. The van der Waals surface area contributed by atoms with Gasteiger partial charge in [-0.1, -0.05) is 151 Å². The maximum absolute atomic E-state index is 5.30. The van der Waals surface area contributed by atoms with Gasteiger partial charge >= 0.3 is 0 Å². The zero-order valence-corrected chi connectivity index (χ0v) is 34.8. The normalized spacial score (nSPS) is 21.4. The molecule has 2 aliphatic heterocycles. The lowest BCUT2D eigenvalue weighted by Gasteiger charge is -2.43. The van der Waals surface area contributed by atoms with Crippen LogP contribution in [0.2, 0.25) is 0 Å².